The molecule has 1 aromatic rings. The molecular formula is C14H21NO. The fourth-order valence-corrected chi connectivity index (χ4v) is 2.26. The van der Waals surface area contributed by atoms with Gasteiger partial charge in [0.15, 0.2) is 0 Å². The molecule has 16 heavy (non-hydrogen) atoms. The molecule has 0 aromatic heterocycles. The molecule has 1 unspecified atom stereocenters. The first-order chi connectivity index (χ1) is 7.81. The lowest BCUT2D eigenvalue weighted by atomic mass is 10.1. The van der Waals surface area contributed by atoms with Crippen molar-refractivity contribution in [1.29, 1.82) is 0 Å². The Labute approximate surface area is 97.8 Å². The molecule has 0 amide bonds. The Hall–Kier alpha value is -1.02. The summed E-state index contributed by atoms with van der Waals surface area (Å²) in [5, 5.41) is 0. The van der Waals surface area contributed by atoms with E-state index in [2.05, 4.69) is 25.1 Å². The van der Waals surface area contributed by atoms with E-state index in [1.807, 2.05) is 0 Å². The van der Waals surface area contributed by atoms with Gasteiger partial charge in [0.25, 0.3) is 0 Å². The molecule has 2 nitrogen and oxygen atoms in total. The number of nitrogens with two attached hydrogens (primary N) is 1. The number of benzene rings is 1. The summed E-state index contributed by atoms with van der Waals surface area (Å²) in [6.07, 6.45) is 5.81. The van der Waals surface area contributed by atoms with Crippen LogP contribution in [0.4, 0.5) is 0 Å². The SMILES string of the molecule is CCCCCOc1ccc2c(c1)CCC2N. The van der Waals surface area contributed by atoms with Crippen LogP contribution in [0.2, 0.25) is 0 Å². The standard InChI is InChI=1S/C14H21NO/c1-2-3-4-9-16-12-6-7-13-11(10-12)5-8-14(13)15/h6-7,10,14H,2-5,8-9,15H2,1H3. The van der Waals surface area contributed by atoms with Gasteiger partial charge < -0.3 is 10.5 Å². The minimum Gasteiger partial charge on any atom is -0.494 e. The molecule has 0 heterocycles. The van der Waals surface area contributed by atoms with Crippen LogP contribution in [0.3, 0.4) is 0 Å². The Morgan fingerprint density at radius 2 is 2.25 bits per heavy atom. The third-order valence-corrected chi connectivity index (χ3v) is 3.26. The monoisotopic (exact) mass is 219 g/mol. The minimum absolute atomic E-state index is 0.240. The van der Waals surface area contributed by atoms with Gasteiger partial charge in [-0.2, -0.15) is 0 Å². The van der Waals surface area contributed by atoms with Crippen LogP contribution in [-0.2, 0) is 6.42 Å². The third kappa shape index (κ3) is 2.56. The van der Waals surface area contributed by atoms with Crippen LogP contribution in [0, 0.1) is 0 Å². The van der Waals surface area contributed by atoms with Crippen molar-refractivity contribution in [1.82, 2.24) is 0 Å². The van der Waals surface area contributed by atoms with Crippen molar-refractivity contribution in [2.45, 2.75) is 45.1 Å². The van der Waals surface area contributed by atoms with E-state index in [9.17, 15) is 0 Å². The van der Waals surface area contributed by atoms with Gasteiger partial charge in [0.1, 0.15) is 5.75 Å². The highest BCUT2D eigenvalue weighted by atomic mass is 16.5. The van der Waals surface area contributed by atoms with Crippen LogP contribution in [-0.4, -0.2) is 6.61 Å². The number of hydrogen-bond donors (Lipinski definition) is 1. The van der Waals surface area contributed by atoms with Crippen molar-refractivity contribution >= 4 is 0 Å². The van der Waals surface area contributed by atoms with Crippen LogP contribution < -0.4 is 10.5 Å². The van der Waals surface area contributed by atoms with E-state index >= 15 is 0 Å². The number of aryl methyl sites for hydroxylation is 1. The van der Waals surface area contributed by atoms with Crippen molar-refractivity contribution < 1.29 is 4.74 Å². The lowest BCUT2D eigenvalue weighted by Crippen LogP contribution is -2.05. The summed E-state index contributed by atoms with van der Waals surface area (Å²) in [5.74, 6) is 1.00. The predicted octanol–water partition coefficient (Wildman–Crippen LogP) is 3.20. The van der Waals surface area contributed by atoms with Gasteiger partial charge in [-0.3, -0.25) is 0 Å². The molecule has 0 fully saturated rings. The first kappa shape index (κ1) is 11.5. The van der Waals surface area contributed by atoms with Gasteiger partial charge in [0.05, 0.1) is 6.61 Å². The Balaban J connectivity index is 1.92. The Bertz CT molecular complexity index is 349. The maximum atomic E-state index is 6.00. The summed E-state index contributed by atoms with van der Waals surface area (Å²) >= 11 is 0. The van der Waals surface area contributed by atoms with Crippen molar-refractivity contribution in [2.24, 2.45) is 5.73 Å². The van der Waals surface area contributed by atoms with E-state index in [4.69, 9.17) is 10.5 Å². The lowest BCUT2D eigenvalue weighted by molar-refractivity contribution is 0.306. The molecule has 0 bridgehead atoms. The fourth-order valence-electron chi connectivity index (χ4n) is 2.26. The number of hydrogen-bond acceptors (Lipinski definition) is 2. The highest BCUT2D eigenvalue weighted by molar-refractivity contribution is 5.40. The molecule has 1 aliphatic carbocycles. The van der Waals surface area contributed by atoms with Gasteiger partial charge in [-0.1, -0.05) is 25.8 Å². The normalized spacial score (nSPS) is 18.5. The zero-order valence-electron chi connectivity index (χ0n) is 10.0. The highest BCUT2D eigenvalue weighted by Gasteiger charge is 2.18. The maximum Gasteiger partial charge on any atom is 0.119 e. The Kier molecular flexibility index (Phi) is 3.83. The van der Waals surface area contributed by atoms with Crippen molar-refractivity contribution in [3.8, 4) is 5.75 Å². The second-order valence-corrected chi connectivity index (χ2v) is 4.56. The summed E-state index contributed by atoms with van der Waals surface area (Å²) in [7, 11) is 0. The second kappa shape index (κ2) is 5.35. The first-order valence-electron chi connectivity index (χ1n) is 6.32. The van der Waals surface area contributed by atoms with E-state index in [0.29, 0.717) is 0 Å². The third-order valence-electron chi connectivity index (χ3n) is 3.26. The van der Waals surface area contributed by atoms with E-state index < -0.39 is 0 Å². The van der Waals surface area contributed by atoms with E-state index in [1.165, 1.54) is 24.0 Å². The second-order valence-electron chi connectivity index (χ2n) is 4.56. The molecule has 0 radical (unpaired) electrons. The zero-order chi connectivity index (χ0) is 11.4. The molecule has 2 N–H and O–H groups in total. The first-order valence-corrected chi connectivity index (χ1v) is 6.32. The fraction of sp³-hybridized carbons (Fsp3) is 0.571. The topological polar surface area (TPSA) is 35.2 Å². The molecule has 1 aliphatic rings. The van der Waals surface area contributed by atoms with Gasteiger partial charge in [-0.15, -0.1) is 0 Å². The maximum absolute atomic E-state index is 6.00. The van der Waals surface area contributed by atoms with Crippen LogP contribution in [0.25, 0.3) is 0 Å². The molecular weight excluding hydrogens is 198 g/mol. The average Bonchev–Trinajstić information content (AvgIpc) is 2.66. The molecule has 1 atom stereocenters. The van der Waals surface area contributed by atoms with Gasteiger partial charge in [0.2, 0.25) is 0 Å². The molecule has 2 heteroatoms. The summed E-state index contributed by atoms with van der Waals surface area (Å²) in [6.45, 7) is 3.04. The summed E-state index contributed by atoms with van der Waals surface area (Å²) in [5.41, 5.74) is 8.68. The van der Waals surface area contributed by atoms with E-state index in [-0.39, 0.29) is 6.04 Å². The molecule has 0 saturated heterocycles. The molecule has 2 rings (SSSR count). The highest BCUT2D eigenvalue weighted by Crippen LogP contribution is 2.31. The Morgan fingerprint density at radius 3 is 3.06 bits per heavy atom. The number of ether oxygens (including phenoxy) is 1. The molecule has 0 spiro atoms. The van der Waals surface area contributed by atoms with Gasteiger partial charge in [0, 0.05) is 6.04 Å². The molecule has 1 aromatic carbocycles. The number of rotatable bonds is 5. The lowest BCUT2D eigenvalue weighted by Gasteiger charge is -2.09. The Morgan fingerprint density at radius 1 is 1.38 bits per heavy atom. The zero-order valence-corrected chi connectivity index (χ0v) is 10.0. The summed E-state index contributed by atoms with van der Waals surface area (Å²) < 4.78 is 5.73. The van der Waals surface area contributed by atoms with Gasteiger partial charge in [-0.25, -0.2) is 0 Å². The van der Waals surface area contributed by atoms with Crippen molar-refractivity contribution in [3.05, 3.63) is 29.3 Å². The van der Waals surface area contributed by atoms with E-state index in [1.54, 1.807) is 0 Å². The summed E-state index contributed by atoms with van der Waals surface area (Å²) in [4.78, 5) is 0. The van der Waals surface area contributed by atoms with Crippen LogP contribution >= 0.6 is 0 Å². The molecule has 0 saturated carbocycles. The van der Waals surface area contributed by atoms with Crippen LogP contribution in [0.15, 0.2) is 18.2 Å². The average molecular weight is 219 g/mol. The van der Waals surface area contributed by atoms with E-state index in [0.717, 1.165) is 31.6 Å². The number of unbranched alkanes of at least 4 members (excludes halogenated alkanes) is 2. The van der Waals surface area contributed by atoms with Crippen molar-refractivity contribution in [2.75, 3.05) is 6.61 Å². The van der Waals surface area contributed by atoms with Crippen LogP contribution in [0.1, 0.15) is 49.8 Å². The minimum atomic E-state index is 0.240. The quantitative estimate of drug-likeness (QED) is 0.772. The predicted molar refractivity (Wildman–Crippen MR) is 66.7 cm³/mol. The smallest absolute Gasteiger partial charge is 0.119 e. The van der Waals surface area contributed by atoms with Gasteiger partial charge >= 0.3 is 0 Å². The van der Waals surface area contributed by atoms with Crippen LogP contribution in [0.5, 0.6) is 5.75 Å². The molecule has 88 valence electrons. The largest absolute Gasteiger partial charge is 0.494 e. The summed E-state index contributed by atoms with van der Waals surface area (Å²) in [6, 6.07) is 6.58. The number of fused-ring (bicyclic) bond motifs is 1. The molecule has 0 aliphatic heterocycles. The van der Waals surface area contributed by atoms with Gasteiger partial charge in [-0.05, 0) is 42.5 Å². The van der Waals surface area contributed by atoms with Crippen molar-refractivity contribution in [3.63, 3.8) is 0 Å².